The molecule has 0 unspecified atom stereocenters. The molecule has 0 bridgehead atoms. The summed E-state index contributed by atoms with van der Waals surface area (Å²) in [7, 11) is 1.51. The summed E-state index contributed by atoms with van der Waals surface area (Å²) in [5.41, 5.74) is 2.64. The number of benzene rings is 1. The van der Waals surface area contributed by atoms with Crippen molar-refractivity contribution in [3.63, 3.8) is 0 Å². The molecule has 2 fully saturated rings. The molecule has 1 aromatic carbocycles. The monoisotopic (exact) mass is 468 g/mol. The van der Waals surface area contributed by atoms with E-state index in [1.165, 1.54) is 7.11 Å². The summed E-state index contributed by atoms with van der Waals surface area (Å²) >= 11 is 0. The number of amides is 1. The van der Waals surface area contributed by atoms with Gasteiger partial charge in [-0.3, -0.25) is 14.6 Å². The highest BCUT2D eigenvalue weighted by atomic mass is 19.3. The minimum atomic E-state index is -2.68. The number of aromatic nitrogens is 1. The minimum Gasteiger partial charge on any atom is -0.495 e. The number of aliphatic imine (C=N–C) groups is 1. The Morgan fingerprint density at radius 1 is 1.18 bits per heavy atom. The quantitative estimate of drug-likeness (QED) is 0.617. The van der Waals surface area contributed by atoms with Crippen molar-refractivity contribution in [3.8, 4) is 5.75 Å². The number of carbonyl (C=O) groups excluding carboxylic acids is 2. The van der Waals surface area contributed by atoms with Crippen LogP contribution in [0.4, 0.5) is 25.8 Å². The number of pyridine rings is 1. The first-order valence-corrected chi connectivity index (χ1v) is 11.6. The molecule has 3 heterocycles. The number of Topliss-reactive ketones (excluding diaryl/α,β-unsaturated/α-hetero) is 1. The second kappa shape index (κ2) is 9.12. The lowest BCUT2D eigenvalue weighted by Gasteiger charge is -2.18. The normalized spacial score (nSPS) is 17.1. The average Bonchev–Trinajstić information content (AvgIpc) is 3.35. The number of hydrogen-bond acceptors (Lipinski definition) is 6. The van der Waals surface area contributed by atoms with Gasteiger partial charge >= 0.3 is 0 Å². The van der Waals surface area contributed by atoms with Gasteiger partial charge in [-0.1, -0.05) is 0 Å². The van der Waals surface area contributed by atoms with Gasteiger partial charge in [-0.05, 0) is 49.9 Å². The Bertz CT molecular complexity index is 1170. The zero-order valence-electron chi connectivity index (χ0n) is 18.9. The van der Waals surface area contributed by atoms with Gasteiger partial charge < -0.3 is 15.0 Å². The van der Waals surface area contributed by atoms with Gasteiger partial charge in [0, 0.05) is 37.4 Å². The fourth-order valence-corrected chi connectivity index (χ4v) is 4.47. The van der Waals surface area contributed by atoms with Gasteiger partial charge in [-0.25, -0.2) is 13.8 Å². The molecule has 2 aliphatic heterocycles. The first kappa shape index (κ1) is 22.4. The summed E-state index contributed by atoms with van der Waals surface area (Å²) in [4.78, 5) is 35.5. The molecule has 1 saturated heterocycles. The van der Waals surface area contributed by atoms with Gasteiger partial charge in [-0.15, -0.1) is 0 Å². The van der Waals surface area contributed by atoms with Gasteiger partial charge in [-0.2, -0.15) is 0 Å². The summed E-state index contributed by atoms with van der Waals surface area (Å²) < 4.78 is 32.3. The molecule has 2 aromatic rings. The van der Waals surface area contributed by atoms with E-state index in [4.69, 9.17) is 4.74 Å². The number of methoxy groups -OCH3 is 1. The summed E-state index contributed by atoms with van der Waals surface area (Å²) in [5.74, 6) is 0.607. The van der Waals surface area contributed by atoms with Crippen molar-refractivity contribution in [3.05, 3.63) is 41.2 Å². The van der Waals surface area contributed by atoms with E-state index >= 15 is 0 Å². The van der Waals surface area contributed by atoms with Crippen molar-refractivity contribution < 1.29 is 23.1 Å². The van der Waals surface area contributed by atoms with Crippen LogP contribution in [0.2, 0.25) is 0 Å². The van der Waals surface area contributed by atoms with Crippen molar-refractivity contribution in [1.82, 2.24) is 9.88 Å². The molecule has 1 N–H and O–H groups in total. The van der Waals surface area contributed by atoms with E-state index in [1.807, 2.05) is 4.90 Å². The molecule has 1 amide bonds. The highest BCUT2D eigenvalue weighted by Gasteiger charge is 2.31. The Hall–Kier alpha value is -3.36. The number of alkyl halides is 2. The molecule has 1 aliphatic carbocycles. The number of anilines is 2. The van der Waals surface area contributed by atoms with Crippen LogP contribution in [0.1, 0.15) is 47.4 Å². The molecule has 1 aromatic heterocycles. The van der Waals surface area contributed by atoms with E-state index in [0.29, 0.717) is 39.8 Å². The predicted octanol–water partition coefficient (Wildman–Crippen LogP) is 4.49. The Morgan fingerprint density at radius 2 is 1.94 bits per heavy atom. The Labute approximate surface area is 196 Å². The van der Waals surface area contributed by atoms with Crippen molar-refractivity contribution in [2.75, 3.05) is 25.5 Å². The molecule has 7 nitrogen and oxygen atoms in total. The van der Waals surface area contributed by atoms with Gasteiger partial charge in [0.15, 0.2) is 0 Å². The number of fused-ring (bicyclic) bond motifs is 1. The summed E-state index contributed by atoms with van der Waals surface area (Å²) in [6.07, 6.45) is 1.24. The molecular formula is C25H26F2N4O3. The molecule has 0 atom stereocenters. The van der Waals surface area contributed by atoms with Crippen molar-refractivity contribution >= 4 is 34.5 Å². The highest BCUT2D eigenvalue weighted by molar-refractivity contribution is 5.99. The highest BCUT2D eigenvalue weighted by Crippen LogP contribution is 2.40. The van der Waals surface area contributed by atoms with Crippen molar-refractivity contribution in [2.24, 2.45) is 10.9 Å². The van der Waals surface area contributed by atoms with Crippen LogP contribution in [-0.2, 0) is 17.6 Å². The minimum absolute atomic E-state index is 0.0424. The fraction of sp³-hybridized carbons (Fsp3) is 0.440. The lowest BCUT2D eigenvalue weighted by Crippen LogP contribution is -2.27. The zero-order chi connectivity index (χ0) is 23.8. The van der Waals surface area contributed by atoms with E-state index in [9.17, 15) is 18.4 Å². The third-order valence-electron chi connectivity index (χ3n) is 6.47. The lowest BCUT2D eigenvalue weighted by atomic mass is 10.1. The first-order chi connectivity index (χ1) is 16.4. The largest absolute Gasteiger partial charge is 0.495 e. The number of nitrogens with one attached hydrogen (secondary N) is 1. The molecule has 0 spiro atoms. The number of hydrogen-bond donors (Lipinski definition) is 1. The lowest BCUT2D eigenvalue weighted by molar-refractivity contribution is -0.119. The van der Waals surface area contributed by atoms with Gasteiger partial charge in [0.25, 0.3) is 12.3 Å². The maximum Gasteiger partial charge on any atom is 0.277 e. The number of ether oxygens (including phenoxy) is 1. The van der Waals surface area contributed by atoms with Crippen molar-refractivity contribution in [1.29, 1.82) is 0 Å². The molecule has 178 valence electrons. The third-order valence-corrected chi connectivity index (χ3v) is 6.47. The summed E-state index contributed by atoms with van der Waals surface area (Å²) in [5, 5.41) is 3.22. The fourth-order valence-electron chi connectivity index (χ4n) is 4.47. The molecule has 34 heavy (non-hydrogen) atoms. The van der Waals surface area contributed by atoms with E-state index in [0.717, 1.165) is 38.8 Å². The smallest absolute Gasteiger partial charge is 0.277 e. The van der Waals surface area contributed by atoms with Gasteiger partial charge in [0.2, 0.25) is 0 Å². The molecular weight excluding hydrogens is 442 g/mol. The van der Waals surface area contributed by atoms with Crippen LogP contribution in [0.5, 0.6) is 5.75 Å². The van der Waals surface area contributed by atoms with E-state index in [1.54, 1.807) is 24.3 Å². The molecule has 0 radical (unpaired) electrons. The summed E-state index contributed by atoms with van der Waals surface area (Å²) in [6, 6.07) is 6.82. The maximum absolute atomic E-state index is 13.4. The van der Waals surface area contributed by atoms with Gasteiger partial charge in [0.1, 0.15) is 17.2 Å². The Morgan fingerprint density at radius 3 is 2.62 bits per heavy atom. The van der Waals surface area contributed by atoms with Crippen LogP contribution in [0.3, 0.4) is 0 Å². The molecule has 1 saturated carbocycles. The van der Waals surface area contributed by atoms with Crippen LogP contribution in [-0.4, -0.2) is 53.9 Å². The Balaban J connectivity index is 1.46. The van der Waals surface area contributed by atoms with E-state index in [2.05, 4.69) is 15.3 Å². The molecule has 9 heteroatoms. The van der Waals surface area contributed by atoms with E-state index < -0.39 is 6.43 Å². The first-order valence-electron chi connectivity index (χ1n) is 11.6. The SMILES string of the molecule is COc1cc(C(=O)N2CCCC2)ccc1Nc1cc(CC(=O)C2CC2)nc2c1N=C(C(F)F)C2. The number of ketones is 1. The summed E-state index contributed by atoms with van der Waals surface area (Å²) in [6.45, 7) is 1.49. The molecule has 5 rings (SSSR count). The van der Waals surface area contributed by atoms with Crippen molar-refractivity contribution in [2.45, 2.75) is 45.0 Å². The maximum atomic E-state index is 13.4. The number of likely N-dealkylation sites (tertiary alicyclic amines) is 1. The number of halogens is 2. The van der Waals surface area contributed by atoms with Crippen LogP contribution >= 0.6 is 0 Å². The standard InChI is InChI=1S/C25H26F2N4O3/c1-34-22-10-15(25(33)31-8-2-3-9-31)6-7-17(22)29-18-11-16(12-21(32)14-4-5-14)28-19-13-20(24(26)27)30-23(18)19/h6-7,10-11,14,24H,2-5,8-9,12-13H2,1H3,(H,28,29). The topological polar surface area (TPSA) is 83.9 Å². The number of nitrogens with zero attached hydrogens (tertiary/aromatic N) is 3. The van der Waals surface area contributed by atoms with Gasteiger partial charge in [0.05, 0.1) is 35.6 Å². The zero-order valence-corrected chi connectivity index (χ0v) is 18.9. The van der Waals surface area contributed by atoms with Crippen LogP contribution < -0.4 is 10.1 Å². The van der Waals surface area contributed by atoms with Crippen LogP contribution in [0.25, 0.3) is 0 Å². The van der Waals surface area contributed by atoms with Crippen LogP contribution in [0, 0.1) is 5.92 Å². The number of carbonyl (C=O) groups is 2. The Kier molecular flexibility index (Phi) is 6.02. The average molecular weight is 469 g/mol. The number of rotatable bonds is 8. The predicted molar refractivity (Wildman–Crippen MR) is 124 cm³/mol. The molecule has 3 aliphatic rings. The van der Waals surface area contributed by atoms with Crippen LogP contribution in [0.15, 0.2) is 29.3 Å². The second-order valence-corrected chi connectivity index (χ2v) is 8.99. The van der Waals surface area contributed by atoms with E-state index in [-0.39, 0.29) is 36.2 Å². The second-order valence-electron chi connectivity index (χ2n) is 8.99. The third kappa shape index (κ3) is 4.51.